The molecule has 1 aromatic rings. The van der Waals surface area contributed by atoms with Crippen LogP contribution in [0, 0.1) is 0 Å². The molecule has 16 nitrogen and oxygen atoms in total. The molecule has 0 bridgehead atoms. The van der Waals surface area contributed by atoms with Crippen LogP contribution < -0.4 is 16.3 Å². The summed E-state index contributed by atoms with van der Waals surface area (Å²) in [4.78, 5) is 58.2. The molecule has 1 saturated heterocycles. The number of carbonyl (C=O) groups is 2. The van der Waals surface area contributed by atoms with Crippen LogP contribution in [0.2, 0.25) is 0 Å². The van der Waals surface area contributed by atoms with E-state index >= 15 is 0 Å². The highest BCUT2D eigenvalue weighted by molar-refractivity contribution is 7.70. The van der Waals surface area contributed by atoms with Gasteiger partial charge in [0.1, 0.15) is 24.1 Å². The second-order valence-electron chi connectivity index (χ2n) is 7.68. The molecule has 1 fully saturated rings. The number of ether oxygens (including phenoxy) is 3. The Bertz CT molecular complexity index is 1080. The molecule has 0 spiro atoms. The van der Waals surface area contributed by atoms with Gasteiger partial charge in [-0.3, -0.25) is 23.3 Å². The number of rotatable bonds is 13. The Balaban J connectivity index is 2.07. The highest BCUT2D eigenvalue weighted by Crippen LogP contribution is 2.58. The third-order valence-corrected chi connectivity index (χ3v) is 8.80. The van der Waals surface area contributed by atoms with Crippen molar-refractivity contribution in [1.82, 2.24) is 14.9 Å². The molecule has 18 heteroatoms. The molecular weight excluding hydrogens is 526 g/mol. The van der Waals surface area contributed by atoms with Gasteiger partial charge in [0.05, 0.1) is 13.2 Å². The van der Waals surface area contributed by atoms with E-state index in [4.69, 9.17) is 23.3 Å². The zero-order valence-electron chi connectivity index (χ0n) is 20.1. The number of nitrogens with zero attached hydrogens (tertiary/aromatic N) is 2. The number of nitrogens with one attached hydrogen (secondary N) is 2. The van der Waals surface area contributed by atoms with Crippen LogP contribution in [-0.2, 0) is 42.0 Å². The molecular formula is C18H30N4O12P2. The summed E-state index contributed by atoms with van der Waals surface area (Å²) in [6, 6.07) is 1.37. The van der Waals surface area contributed by atoms with Crippen LogP contribution >= 0.6 is 15.2 Å². The summed E-state index contributed by atoms with van der Waals surface area (Å²) in [6.45, 7) is 1.53. The van der Waals surface area contributed by atoms with Crippen molar-refractivity contribution in [3.05, 3.63) is 22.7 Å². The lowest BCUT2D eigenvalue weighted by molar-refractivity contribution is -0.119. The number of amides is 2. The molecule has 3 unspecified atom stereocenters. The minimum atomic E-state index is -4.64. The number of aromatic nitrogens is 2. The van der Waals surface area contributed by atoms with E-state index in [1.54, 1.807) is 0 Å². The fourth-order valence-electron chi connectivity index (χ4n) is 3.37. The predicted octanol–water partition coefficient (Wildman–Crippen LogP) is -0.373. The molecule has 2 amide bonds. The van der Waals surface area contributed by atoms with Crippen molar-refractivity contribution in [3.63, 3.8) is 0 Å². The van der Waals surface area contributed by atoms with Gasteiger partial charge in [-0.25, -0.2) is 4.79 Å². The van der Waals surface area contributed by atoms with Crippen molar-refractivity contribution in [1.29, 1.82) is 0 Å². The molecule has 1 aliphatic rings. The van der Waals surface area contributed by atoms with Crippen molar-refractivity contribution in [2.24, 2.45) is 0 Å². The Morgan fingerprint density at radius 3 is 2.31 bits per heavy atom. The standard InChI is InChI=1S/C18H30N4O12P2/c1-11(23)19-6-8-32-35(26,27)10-36(28,29)33-9-13-15(30-3)16(31-4)17(34-13)22-7-5-14(20-12(2)24)21-18(22)25/h5,7,13,15-17H,6,8-10H2,1-4H3,(H,19,23)(H,26,27)(H,28,29)(H,20,21,24,25)/t13-,15+,16?,17-/m1/s1. The summed E-state index contributed by atoms with van der Waals surface area (Å²) < 4.78 is 52.0. The third-order valence-electron chi connectivity index (χ3n) is 4.81. The average Bonchev–Trinajstić information content (AvgIpc) is 3.11. The quantitative estimate of drug-likeness (QED) is 0.180. The van der Waals surface area contributed by atoms with Crippen LogP contribution in [0.5, 0.6) is 0 Å². The van der Waals surface area contributed by atoms with Gasteiger partial charge in [0.15, 0.2) is 12.1 Å². The summed E-state index contributed by atoms with van der Waals surface area (Å²) >= 11 is 0. The summed E-state index contributed by atoms with van der Waals surface area (Å²) in [5.41, 5.74) is -0.768. The van der Waals surface area contributed by atoms with Crippen LogP contribution in [-0.4, -0.2) is 89.3 Å². The molecule has 204 valence electrons. The number of carbonyl (C=O) groups excluding carboxylic acids is 2. The number of hydrogen-bond acceptors (Lipinski definition) is 11. The van der Waals surface area contributed by atoms with Crippen molar-refractivity contribution >= 4 is 32.8 Å². The van der Waals surface area contributed by atoms with Gasteiger partial charge in [0.25, 0.3) is 0 Å². The summed E-state index contributed by atoms with van der Waals surface area (Å²) in [7, 11) is -6.49. The molecule has 6 atom stereocenters. The Morgan fingerprint density at radius 1 is 1.11 bits per heavy atom. The first-order chi connectivity index (χ1) is 16.8. The van der Waals surface area contributed by atoms with Gasteiger partial charge in [-0.1, -0.05) is 0 Å². The van der Waals surface area contributed by atoms with Crippen LogP contribution in [0.1, 0.15) is 20.1 Å². The number of anilines is 1. The lowest BCUT2D eigenvalue weighted by atomic mass is 10.1. The fourth-order valence-corrected chi connectivity index (χ4v) is 6.59. The van der Waals surface area contributed by atoms with E-state index in [1.807, 2.05) is 0 Å². The minimum Gasteiger partial charge on any atom is -0.376 e. The van der Waals surface area contributed by atoms with E-state index < -0.39 is 63.8 Å². The molecule has 0 radical (unpaired) electrons. The molecule has 0 saturated carbocycles. The van der Waals surface area contributed by atoms with Gasteiger partial charge in [0, 0.05) is 40.8 Å². The van der Waals surface area contributed by atoms with E-state index in [0.29, 0.717) is 0 Å². The zero-order valence-corrected chi connectivity index (χ0v) is 21.8. The predicted molar refractivity (Wildman–Crippen MR) is 123 cm³/mol. The van der Waals surface area contributed by atoms with Crippen LogP contribution in [0.25, 0.3) is 0 Å². The molecule has 4 N–H and O–H groups in total. The Kier molecular flexibility index (Phi) is 10.9. The lowest BCUT2D eigenvalue weighted by Crippen LogP contribution is -2.38. The Hall–Kier alpha value is -2.00. The highest BCUT2D eigenvalue weighted by atomic mass is 31.2. The normalized spacial score (nSPS) is 25.1. The van der Waals surface area contributed by atoms with E-state index in [9.17, 15) is 33.3 Å². The van der Waals surface area contributed by atoms with Gasteiger partial charge in [-0.2, -0.15) is 4.98 Å². The van der Waals surface area contributed by atoms with Crippen LogP contribution in [0.3, 0.4) is 0 Å². The van der Waals surface area contributed by atoms with E-state index in [1.165, 1.54) is 40.3 Å². The Labute approximate surface area is 206 Å². The topological polar surface area (TPSA) is 214 Å². The fraction of sp³-hybridized carbons (Fsp3) is 0.667. The van der Waals surface area contributed by atoms with E-state index in [0.717, 1.165) is 4.57 Å². The molecule has 2 heterocycles. The van der Waals surface area contributed by atoms with Crippen molar-refractivity contribution in [2.45, 2.75) is 38.4 Å². The van der Waals surface area contributed by atoms with Gasteiger partial charge in [0.2, 0.25) is 11.8 Å². The maximum atomic E-state index is 12.5. The van der Waals surface area contributed by atoms with Crippen LogP contribution in [0.15, 0.2) is 17.1 Å². The first-order valence-corrected chi connectivity index (χ1v) is 14.1. The summed E-state index contributed by atoms with van der Waals surface area (Å²) in [6.07, 6.45) is -2.50. The molecule has 36 heavy (non-hydrogen) atoms. The largest absolute Gasteiger partial charge is 0.376 e. The first kappa shape index (κ1) is 30.2. The zero-order chi connectivity index (χ0) is 27.1. The molecule has 1 aliphatic heterocycles. The van der Waals surface area contributed by atoms with E-state index in [-0.39, 0.29) is 24.9 Å². The van der Waals surface area contributed by atoms with Gasteiger partial charge >= 0.3 is 20.9 Å². The lowest BCUT2D eigenvalue weighted by Gasteiger charge is -2.22. The van der Waals surface area contributed by atoms with Crippen LogP contribution in [0.4, 0.5) is 5.82 Å². The smallest absolute Gasteiger partial charge is 0.351 e. The Morgan fingerprint density at radius 2 is 1.75 bits per heavy atom. The summed E-state index contributed by atoms with van der Waals surface area (Å²) in [5, 5.41) is 4.73. The average molecular weight is 556 g/mol. The van der Waals surface area contributed by atoms with Gasteiger partial charge in [-0.05, 0) is 6.07 Å². The molecule has 1 aromatic heterocycles. The second-order valence-corrected chi connectivity index (χ2v) is 11.9. The summed E-state index contributed by atoms with van der Waals surface area (Å²) in [5.74, 6) is -1.95. The monoisotopic (exact) mass is 556 g/mol. The molecule has 2 rings (SSSR count). The van der Waals surface area contributed by atoms with Crippen molar-refractivity contribution in [3.8, 4) is 0 Å². The first-order valence-electron chi connectivity index (χ1n) is 10.5. The SMILES string of the molecule is COC1[C@@H](OC)[C@@H](COP(=O)(O)CP(=O)(O)OCCNC(C)=O)O[C@H]1n1ccc(NC(C)=O)nc1=O. The van der Waals surface area contributed by atoms with Crippen molar-refractivity contribution in [2.75, 3.05) is 45.2 Å². The molecule has 0 aromatic carbocycles. The second kappa shape index (κ2) is 13.0. The number of methoxy groups -OCH3 is 2. The van der Waals surface area contributed by atoms with Gasteiger partial charge < -0.3 is 43.7 Å². The van der Waals surface area contributed by atoms with E-state index in [2.05, 4.69) is 15.6 Å². The highest BCUT2D eigenvalue weighted by Gasteiger charge is 2.48. The maximum Gasteiger partial charge on any atom is 0.351 e. The number of hydrogen-bond donors (Lipinski definition) is 4. The van der Waals surface area contributed by atoms with Crippen molar-refractivity contribution < 1.29 is 51.8 Å². The molecule has 0 aliphatic carbocycles. The van der Waals surface area contributed by atoms with Gasteiger partial charge in [-0.15, -0.1) is 0 Å². The maximum absolute atomic E-state index is 12.5. The third kappa shape index (κ3) is 8.83. The minimum absolute atomic E-state index is 0.0350.